The molecule has 0 radical (unpaired) electrons. The lowest BCUT2D eigenvalue weighted by Gasteiger charge is -2.30. The Labute approximate surface area is 129 Å². The molecule has 1 unspecified atom stereocenters. The lowest BCUT2D eigenvalue weighted by molar-refractivity contribution is 0.0702. The van der Waals surface area contributed by atoms with Gasteiger partial charge in [0, 0.05) is 19.7 Å². The Balaban J connectivity index is 2.32. The van der Waals surface area contributed by atoms with Crippen molar-refractivity contribution in [1.29, 1.82) is 0 Å². The zero-order chi connectivity index (χ0) is 14.9. The van der Waals surface area contributed by atoms with E-state index >= 15 is 0 Å². The van der Waals surface area contributed by atoms with Crippen molar-refractivity contribution >= 4 is 43.3 Å². The maximum atomic E-state index is 12.5. The van der Waals surface area contributed by atoms with Gasteiger partial charge in [-0.1, -0.05) is 0 Å². The molecule has 2 N–H and O–H groups in total. The number of piperidine rings is 1. The van der Waals surface area contributed by atoms with E-state index in [1.165, 1.54) is 10.4 Å². The van der Waals surface area contributed by atoms with Crippen LogP contribution in [0.2, 0.25) is 0 Å². The predicted molar refractivity (Wildman–Crippen MR) is 77.5 cm³/mol. The van der Waals surface area contributed by atoms with Crippen LogP contribution in [0.25, 0.3) is 0 Å². The summed E-state index contributed by atoms with van der Waals surface area (Å²) in [6.45, 7) is 0.615. The van der Waals surface area contributed by atoms with Gasteiger partial charge in [0.15, 0.2) is 0 Å². The van der Waals surface area contributed by atoms with Gasteiger partial charge in [0.1, 0.15) is 9.77 Å². The standard InChI is InChI=1S/C11H14BrNO5S2/c12-10-9(4-8(19-10)11(15)16)20(17,18)13-3-1-2-7(5-13)6-14/h4,7,14H,1-3,5-6H2,(H,15,16). The van der Waals surface area contributed by atoms with Crippen molar-refractivity contribution in [3.05, 3.63) is 14.7 Å². The van der Waals surface area contributed by atoms with Crippen molar-refractivity contribution in [3.8, 4) is 0 Å². The number of halogens is 1. The second-order valence-electron chi connectivity index (χ2n) is 4.61. The first-order valence-electron chi connectivity index (χ1n) is 6.00. The van der Waals surface area contributed by atoms with Gasteiger partial charge in [-0.3, -0.25) is 0 Å². The van der Waals surface area contributed by atoms with Gasteiger partial charge in [-0.05, 0) is 40.8 Å². The number of hydrogen-bond donors (Lipinski definition) is 2. The van der Waals surface area contributed by atoms with E-state index in [0.29, 0.717) is 16.8 Å². The highest BCUT2D eigenvalue weighted by Gasteiger charge is 2.33. The van der Waals surface area contributed by atoms with Crippen LogP contribution in [0.15, 0.2) is 14.7 Å². The molecule has 2 rings (SSSR count). The molecule has 9 heteroatoms. The van der Waals surface area contributed by atoms with E-state index in [-0.39, 0.29) is 28.8 Å². The van der Waals surface area contributed by atoms with Gasteiger partial charge < -0.3 is 10.2 Å². The van der Waals surface area contributed by atoms with Crippen LogP contribution in [0.5, 0.6) is 0 Å². The first-order valence-corrected chi connectivity index (χ1v) is 9.05. The highest BCUT2D eigenvalue weighted by Crippen LogP contribution is 2.34. The molecule has 1 aliphatic heterocycles. The molecule has 2 heterocycles. The summed E-state index contributed by atoms with van der Waals surface area (Å²) < 4.78 is 26.7. The van der Waals surface area contributed by atoms with Gasteiger partial charge in [0.2, 0.25) is 10.0 Å². The molecule has 1 aromatic heterocycles. The smallest absolute Gasteiger partial charge is 0.345 e. The molecule has 1 saturated heterocycles. The molecular weight excluding hydrogens is 370 g/mol. The highest BCUT2D eigenvalue weighted by molar-refractivity contribution is 9.11. The normalized spacial score (nSPS) is 21.0. The molecule has 1 atom stereocenters. The first kappa shape index (κ1) is 15.9. The van der Waals surface area contributed by atoms with E-state index in [4.69, 9.17) is 5.11 Å². The number of hydrogen-bond acceptors (Lipinski definition) is 5. The van der Waals surface area contributed by atoms with Crippen LogP contribution in [-0.4, -0.2) is 48.6 Å². The Morgan fingerprint density at radius 2 is 2.25 bits per heavy atom. The van der Waals surface area contributed by atoms with Gasteiger partial charge in [-0.25, -0.2) is 13.2 Å². The molecule has 0 bridgehead atoms. The Hall–Kier alpha value is -0.480. The maximum Gasteiger partial charge on any atom is 0.345 e. The third kappa shape index (κ3) is 3.06. The van der Waals surface area contributed by atoms with Gasteiger partial charge in [0.25, 0.3) is 0 Å². The molecule has 112 valence electrons. The quantitative estimate of drug-likeness (QED) is 0.823. The fourth-order valence-corrected chi connectivity index (χ4v) is 6.07. The zero-order valence-electron chi connectivity index (χ0n) is 10.5. The van der Waals surface area contributed by atoms with E-state index in [1.54, 1.807) is 0 Å². The molecule has 0 saturated carbocycles. The number of carboxylic acids is 1. The van der Waals surface area contributed by atoms with Gasteiger partial charge in [-0.2, -0.15) is 4.31 Å². The monoisotopic (exact) mass is 383 g/mol. The summed E-state index contributed by atoms with van der Waals surface area (Å²) in [6.07, 6.45) is 1.49. The minimum atomic E-state index is -3.73. The van der Waals surface area contributed by atoms with Gasteiger partial charge >= 0.3 is 5.97 Å². The first-order chi connectivity index (χ1) is 9.36. The Bertz CT molecular complexity index is 612. The lowest BCUT2D eigenvalue weighted by atomic mass is 10.0. The van der Waals surface area contributed by atoms with Crippen molar-refractivity contribution in [2.24, 2.45) is 5.92 Å². The van der Waals surface area contributed by atoms with E-state index in [1.807, 2.05) is 0 Å². The summed E-state index contributed by atoms with van der Waals surface area (Å²) in [5.74, 6) is -1.21. The van der Waals surface area contributed by atoms with Crippen molar-refractivity contribution in [3.63, 3.8) is 0 Å². The number of nitrogens with zero attached hydrogens (tertiary/aromatic N) is 1. The molecule has 6 nitrogen and oxygen atoms in total. The second kappa shape index (κ2) is 6.10. The van der Waals surface area contributed by atoms with Gasteiger partial charge in [-0.15, -0.1) is 11.3 Å². The summed E-state index contributed by atoms with van der Waals surface area (Å²) in [5, 5.41) is 18.1. The third-order valence-corrected chi connectivity index (χ3v) is 7.33. The van der Waals surface area contributed by atoms with Crippen molar-refractivity contribution in [2.45, 2.75) is 17.7 Å². The molecule has 0 aliphatic carbocycles. The van der Waals surface area contributed by atoms with Crippen molar-refractivity contribution in [2.75, 3.05) is 19.7 Å². The summed E-state index contributed by atoms with van der Waals surface area (Å²) >= 11 is 4.00. The van der Waals surface area contributed by atoms with Crippen LogP contribution in [0.4, 0.5) is 0 Å². The van der Waals surface area contributed by atoms with E-state index < -0.39 is 16.0 Å². The molecule has 1 aromatic rings. The second-order valence-corrected chi connectivity index (χ2v) is 8.88. The molecule has 0 spiro atoms. The molecule has 0 aromatic carbocycles. The van der Waals surface area contributed by atoms with Crippen LogP contribution in [0.3, 0.4) is 0 Å². The number of carboxylic acid groups (broad SMARTS) is 1. The SMILES string of the molecule is O=C(O)c1cc(S(=O)(=O)N2CCCC(CO)C2)c(Br)s1. The highest BCUT2D eigenvalue weighted by atomic mass is 79.9. The maximum absolute atomic E-state index is 12.5. The van der Waals surface area contributed by atoms with Gasteiger partial charge in [0.05, 0.1) is 3.79 Å². The average molecular weight is 384 g/mol. The molecule has 1 fully saturated rings. The van der Waals surface area contributed by atoms with E-state index in [9.17, 15) is 18.3 Å². The minimum Gasteiger partial charge on any atom is -0.477 e. The average Bonchev–Trinajstić information content (AvgIpc) is 2.82. The number of rotatable bonds is 4. The zero-order valence-corrected chi connectivity index (χ0v) is 13.7. The Morgan fingerprint density at radius 1 is 1.55 bits per heavy atom. The Morgan fingerprint density at radius 3 is 2.80 bits per heavy atom. The van der Waals surface area contributed by atoms with Crippen LogP contribution in [0.1, 0.15) is 22.5 Å². The fourth-order valence-electron chi connectivity index (χ4n) is 2.17. The number of carbonyl (C=O) groups is 1. The number of aromatic carboxylic acids is 1. The van der Waals surface area contributed by atoms with Crippen LogP contribution >= 0.6 is 27.3 Å². The molecule has 0 amide bonds. The van der Waals surface area contributed by atoms with Crippen molar-refractivity contribution in [1.82, 2.24) is 4.31 Å². The summed E-state index contributed by atoms with van der Waals surface area (Å²) in [7, 11) is -3.73. The fraction of sp³-hybridized carbons (Fsp3) is 0.545. The summed E-state index contributed by atoms with van der Waals surface area (Å²) in [4.78, 5) is 10.9. The molecule has 1 aliphatic rings. The van der Waals surface area contributed by atoms with Crippen LogP contribution in [-0.2, 0) is 10.0 Å². The van der Waals surface area contributed by atoms with Crippen molar-refractivity contribution < 1.29 is 23.4 Å². The topological polar surface area (TPSA) is 94.9 Å². The Kier molecular flexibility index (Phi) is 4.85. The number of thiophene rings is 1. The van der Waals surface area contributed by atoms with E-state index in [0.717, 1.165) is 17.8 Å². The summed E-state index contributed by atoms with van der Waals surface area (Å²) in [5.41, 5.74) is 0. The molecule has 20 heavy (non-hydrogen) atoms. The summed E-state index contributed by atoms with van der Waals surface area (Å²) in [6, 6.07) is 1.18. The lowest BCUT2D eigenvalue weighted by Crippen LogP contribution is -2.40. The third-order valence-electron chi connectivity index (χ3n) is 3.22. The molecular formula is C11H14BrNO5S2. The number of sulfonamides is 1. The number of aliphatic hydroxyl groups excluding tert-OH is 1. The van der Waals surface area contributed by atoms with Crippen LogP contribution in [0, 0.1) is 5.92 Å². The number of aliphatic hydroxyl groups is 1. The largest absolute Gasteiger partial charge is 0.477 e. The van der Waals surface area contributed by atoms with Crippen LogP contribution < -0.4 is 0 Å². The predicted octanol–water partition coefficient (Wildman–Crippen LogP) is 1.60. The van der Waals surface area contributed by atoms with E-state index in [2.05, 4.69) is 15.9 Å². The minimum absolute atomic E-state index is 0.0153.